The number of hydrogen-bond donors (Lipinski definition) is 0. The quantitative estimate of drug-likeness (QED) is 0.171. The van der Waals surface area contributed by atoms with Crippen molar-refractivity contribution in [1.29, 1.82) is 0 Å². The van der Waals surface area contributed by atoms with Gasteiger partial charge in [0.25, 0.3) is 0 Å². The second-order valence-corrected chi connectivity index (χ2v) is 10.2. The van der Waals surface area contributed by atoms with E-state index in [2.05, 4.69) is 91.8 Å². The molecule has 6 aromatic rings. The molecule has 6 aromatic carbocycles. The van der Waals surface area contributed by atoms with Crippen LogP contribution in [-0.4, -0.2) is 0 Å². The number of hydrogen-bond acceptors (Lipinski definition) is 0. The van der Waals surface area contributed by atoms with Gasteiger partial charge in [-0.2, -0.15) is 0 Å². The molecule has 0 bridgehead atoms. The van der Waals surface area contributed by atoms with Crippen LogP contribution in [0, 0.1) is 55.4 Å². The van der Waals surface area contributed by atoms with Crippen LogP contribution in [0.15, 0.2) is 36.4 Å². The van der Waals surface area contributed by atoms with Gasteiger partial charge in [0.1, 0.15) is 0 Å². The monoisotopic (exact) mass is 414 g/mol. The topological polar surface area (TPSA) is 0 Å². The molecule has 0 unspecified atom stereocenters. The lowest BCUT2D eigenvalue weighted by atomic mass is 9.80. The van der Waals surface area contributed by atoms with Gasteiger partial charge in [0.15, 0.2) is 0 Å². The van der Waals surface area contributed by atoms with Crippen LogP contribution in [0.25, 0.3) is 53.9 Å². The van der Waals surface area contributed by atoms with Crippen molar-refractivity contribution >= 4 is 53.9 Å². The van der Waals surface area contributed by atoms with Crippen LogP contribution in [0.5, 0.6) is 0 Å². The first-order valence-electron chi connectivity index (χ1n) is 11.7. The van der Waals surface area contributed by atoms with E-state index >= 15 is 0 Å². The van der Waals surface area contributed by atoms with Gasteiger partial charge in [-0.1, -0.05) is 36.4 Å². The molecule has 0 heteroatoms. The average molecular weight is 415 g/mol. The van der Waals surface area contributed by atoms with Crippen LogP contribution in [0.4, 0.5) is 0 Å². The minimum absolute atomic E-state index is 1.37. The average Bonchev–Trinajstić information content (AvgIpc) is 2.74. The summed E-state index contributed by atoms with van der Waals surface area (Å²) in [4.78, 5) is 0. The van der Waals surface area contributed by atoms with E-state index in [0.717, 1.165) is 0 Å². The number of aryl methyl sites for hydroxylation is 8. The molecule has 0 nitrogen and oxygen atoms in total. The molecule has 0 heterocycles. The first kappa shape index (κ1) is 19.6. The highest BCUT2D eigenvalue weighted by molar-refractivity contribution is 6.41. The molecule has 6 rings (SSSR count). The third-order valence-corrected chi connectivity index (χ3v) is 8.33. The number of benzene rings is 6. The Bertz CT molecular complexity index is 1640. The minimum atomic E-state index is 1.37. The highest BCUT2D eigenvalue weighted by Crippen LogP contribution is 2.48. The summed E-state index contributed by atoms with van der Waals surface area (Å²) in [7, 11) is 0. The molecule has 0 amide bonds. The first-order valence-corrected chi connectivity index (χ1v) is 11.7. The molecule has 0 aliphatic rings. The van der Waals surface area contributed by atoms with Crippen molar-refractivity contribution in [3.05, 3.63) is 80.9 Å². The van der Waals surface area contributed by atoms with Crippen molar-refractivity contribution in [3.8, 4) is 0 Å². The van der Waals surface area contributed by atoms with Crippen LogP contribution in [0.3, 0.4) is 0 Å². The maximum atomic E-state index is 2.44. The van der Waals surface area contributed by atoms with Gasteiger partial charge in [0.05, 0.1) is 0 Å². The summed E-state index contributed by atoms with van der Waals surface area (Å²) < 4.78 is 0. The molecule has 0 aliphatic carbocycles. The van der Waals surface area contributed by atoms with Crippen LogP contribution in [0.1, 0.15) is 44.5 Å². The Morgan fingerprint density at radius 3 is 0.875 bits per heavy atom. The first-order chi connectivity index (χ1) is 15.2. The Hall–Kier alpha value is -3.12. The van der Waals surface area contributed by atoms with Crippen molar-refractivity contribution in [3.63, 3.8) is 0 Å². The minimum Gasteiger partial charge on any atom is -0.0505 e. The summed E-state index contributed by atoms with van der Waals surface area (Å²) in [5.41, 5.74) is 11.1. The Labute approximate surface area is 190 Å². The zero-order valence-electron chi connectivity index (χ0n) is 20.5. The lowest BCUT2D eigenvalue weighted by Gasteiger charge is -2.23. The predicted octanol–water partition coefficient (Wildman–Crippen LogP) is 9.36. The second-order valence-electron chi connectivity index (χ2n) is 10.2. The lowest BCUT2D eigenvalue weighted by molar-refractivity contribution is 1.36. The van der Waals surface area contributed by atoms with Gasteiger partial charge in [-0.15, -0.1) is 0 Å². The molecule has 0 spiro atoms. The van der Waals surface area contributed by atoms with Gasteiger partial charge in [0, 0.05) is 0 Å². The highest BCUT2D eigenvalue weighted by atomic mass is 14.2. The van der Waals surface area contributed by atoms with Gasteiger partial charge in [-0.25, -0.2) is 0 Å². The molecule has 32 heavy (non-hydrogen) atoms. The second kappa shape index (κ2) is 6.23. The molecule has 0 saturated carbocycles. The maximum absolute atomic E-state index is 2.44. The van der Waals surface area contributed by atoms with Crippen molar-refractivity contribution in [2.24, 2.45) is 0 Å². The van der Waals surface area contributed by atoms with Crippen LogP contribution < -0.4 is 0 Å². The third-order valence-electron chi connectivity index (χ3n) is 8.33. The molecule has 0 fully saturated rings. The largest absolute Gasteiger partial charge is 0.0505 e. The van der Waals surface area contributed by atoms with Crippen molar-refractivity contribution < 1.29 is 0 Å². The standard InChI is InChI=1S/C32H30/c1-15-9-23-25(11-17(15)3)29-21(7)20(6)14-28-24-10-16(2)18(4)12-26(24)30-22(8)19(5)13-27(23)31(30)32(28)29/h9-14H,1-8H3. The zero-order valence-corrected chi connectivity index (χ0v) is 20.5. The third kappa shape index (κ3) is 2.28. The normalized spacial score (nSPS) is 12.4. The van der Waals surface area contributed by atoms with E-state index < -0.39 is 0 Å². The van der Waals surface area contributed by atoms with E-state index in [4.69, 9.17) is 0 Å². The van der Waals surface area contributed by atoms with E-state index in [9.17, 15) is 0 Å². The summed E-state index contributed by atoms with van der Waals surface area (Å²) in [5, 5.41) is 14.2. The molecule has 0 aliphatic heterocycles. The number of fused-ring (bicyclic) bond motifs is 6. The molecule has 0 N–H and O–H groups in total. The number of rotatable bonds is 0. The van der Waals surface area contributed by atoms with Gasteiger partial charge in [0.2, 0.25) is 0 Å². The van der Waals surface area contributed by atoms with Crippen molar-refractivity contribution in [1.82, 2.24) is 0 Å². The maximum Gasteiger partial charge on any atom is -0.00109 e. The summed E-state index contributed by atoms with van der Waals surface area (Å²) in [6, 6.07) is 14.6. The van der Waals surface area contributed by atoms with Crippen LogP contribution in [-0.2, 0) is 0 Å². The van der Waals surface area contributed by atoms with Crippen molar-refractivity contribution in [2.75, 3.05) is 0 Å². The fourth-order valence-electron chi connectivity index (χ4n) is 5.94. The molecule has 158 valence electrons. The van der Waals surface area contributed by atoms with Gasteiger partial charge < -0.3 is 0 Å². The summed E-state index contributed by atoms with van der Waals surface area (Å²) in [6.07, 6.45) is 0. The predicted molar refractivity (Wildman–Crippen MR) is 143 cm³/mol. The van der Waals surface area contributed by atoms with Gasteiger partial charge >= 0.3 is 0 Å². The summed E-state index contributed by atoms with van der Waals surface area (Å²) in [5.74, 6) is 0. The van der Waals surface area contributed by atoms with E-state index in [0.29, 0.717) is 0 Å². The van der Waals surface area contributed by atoms with E-state index in [1.807, 2.05) is 0 Å². The zero-order chi connectivity index (χ0) is 22.6. The van der Waals surface area contributed by atoms with Crippen molar-refractivity contribution in [2.45, 2.75) is 55.4 Å². The van der Waals surface area contributed by atoms with Crippen LogP contribution >= 0.6 is 0 Å². The molecule has 0 atom stereocenters. The fourth-order valence-corrected chi connectivity index (χ4v) is 5.94. The van der Waals surface area contributed by atoms with E-state index in [-0.39, 0.29) is 0 Å². The smallest absolute Gasteiger partial charge is 0.00109 e. The molecule has 0 radical (unpaired) electrons. The van der Waals surface area contributed by atoms with Gasteiger partial charge in [-0.3, -0.25) is 0 Å². The molecule has 0 saturated heterocycles. The Morgan fingerprint density at radius 1 is 0.281 bits per heavy atom. The van der Waals surface area contributed by atoms with E-state index in [1.54, 1.807) is 0 Å². The fraction of sp³-hybridized carbons (Fsp3) is 0.250. The summed E-state index contributed by atoms with van der Waals surface area (Å²) in [6.45, 7) is 18.2. The molecular formula is C32H30. The summed E-state index contributed by atoms with van der Waals surface area (Å²) >= 11 is 0. The highest BCUT2D eigenvalue weighted by Gasteiger charge is 2.21. The van der Waals surface area contributed by atoms with Gasteiger partial charge in [-0.05, 0) is 154 Å². The Morgan fingerprint density at radius 2 is 0.531 bits per heavy atom. The Balaban J connectivity index is 2.14. The Kier molecular flexibility index (Phi) is 3.81. The van der Waals surface area contributed by atoms with Crippen LogP contribution in [0.2, 0.25) is 0 Å². The molecule has 0 aromatic heterocycles. The lowest BCUT2D eigenvalue weighted by Crippen LogP contribution is -1.98. The van der Waals surface area contributed by atoms with E-state index in [1.165, 1.54) is 98.4 Å². The SMILES string of the molecule is Cc1cc2c(cc1C)c1c(C)c(C)cc3c4cc(C)c(C)cc4c4c(C)c(C)cc2c4c31. The molecular weight excluding hydrogens is 384 g/mol.